The first-order valence-electron chi connectivity index (χ1n) is 11.2. The number of carbonyl (C=O) groups is 3. The number of fused-ring (bicyclic) bond motifs is 4. The lowest BCUT2D eigenvalue weighted by Gasteiger charge is -2.34. The first kappa shape index (κ1) is 21.2. The topological polar surface area (TPSA) is 95.9 Å². The third-order valence-corrected chi connectivity index (χ3v) is 7.20. The highest BCUT2D eigenvalue weighted by atomic mass is 16.5. The molecule has 0 aromatic heterocycles. The molecule has 7 heteroatoms. The summed E-state index contributed by atoms with van der Waals surface area (Å²) in [5.74, 6) is -1.72. The minimum Gasteiger partial charge on any atom is -0.481 e. The van der Waals surface area contributed by atoms with Gasteiger partial charge in [-0.05, 0) is 41.0 Å². The van der Waals surface area contributed by atoms with Crippen LogP contribution < -0.4 is 5.32 Å². The summed E-state index contributed by atoms with van der Waals surface area (Å²) in [5, 5.41) is 12.0. The molecule has 2 aliphatic heterocycles. The van der Waals surface area contributed by atoms with Crippen molar-refractivity contribution in [2.75, 3.05) is 13.2 Å². The average molecular weight is 447 g/mol. The van der Waals surface area contributed by atoms with Crippen molar-refractivity contribution in [3.8, 4) is 11.1 Å². The zero-order chi connectivity index (χ0) is 23.1. The molecule has 4 aliphatic rings. The van der Waals surface area contributed by atoms with E-state index in [0.29, 0.717) is 13.0 Å². The van der Waals surface area contributed by atoms with Gasteiger partial charge in [-0.1, -0.05) is 54.6 Å². The second kappa shape index (κ2) is 8.39. The SMILES string of the molecule is C=CCC(NC(=O)OCC1c2ccccc2-c2ccccc21)C(=O)N1CC2CC1C2C(=O)O. The number of amides is 2. The van der Waals surface area contributed by atoms with Crippen LogP contribution in [-0.4, -0.2) is 53.2 Å². The Kier molecular flexibility index (Phi) is 5.40. The van der Waals surface area contributed by atoms with E-state index in [2.05, 4.69) is 24.0 Å². The fourth-order valence-corrected chi connectivity index (χ4v) is 5.61. The molecule has 2 aliphatic carbocycles. The first-order valence-corrected chi connectivity index (χ1v) is 11.2. The van der Waals surface area contributed by atoms with Crippen LogP contribution >= 0.6 is 0 Å². The maximum absolute atomic E-state index is 13.1. The van der Waals surface area contributed by atoms with Gasteiger partial charge in [0.2, 0.25) is 5.91 Å². The highest BCUT2D eigenvalue weighted by Gasteiger charge is 2.57. The van der Waals surface area contributed by atoms with Crippen LogP contribution in [-0.2, 0) is 14.3 Å². The van der Waals surface area contributed by atoms with E-state index in [4.69, 9.17) is 4.74 Å². The summed E-state index contributed by atoms with van der Waals surface area (Å²) < 4.78 is 5.58. The molecule has 6 rings (SSSR count). The number of carbonyl (C=O) groups excluding carboxylic acids is 2. The molecule has 1 saturated carbocycles. The Morgan fingerprint density at radius 2 is 1.76 bits per heavy atom. The number of alkyl carbamates (subject to hydrolysis) is 1. The summed E-state index contributed by atoms with van der Waals surface area (Å²) in [6.45, 7) is 4.27. The van der Waals surface area contributed by atoms with Gasteiger partial charge in [-0.25, -0.2) is 4.79 Å². The van der Waals surface area contributed by atoms with Gasteiger partial charge >= 0.3 is 12.1 Å². The number of hydrogen-bond donors (Lipinski definition) is 2. The molecule has 2 amide bonds. The Hall–Kier alpha value is -3.61. The molecule has 33 heavy (non-hydrogen) atoms. The summed E-state index contributed by atoms with van der Waals surface area (Å²) in [5.41, 5.74) is 4.51. The third-order valence-electron chi connectivity index (χ3n) is 7.20. The van der Waals surface area contributed by atoms with Crippen LogP contribution in [0, 0.1) is 11.8 Å². The quantitative estimate of drug-likeness (QED) is 0.636. The fraction of sp³-hybridized carbons (Fsp3) is 0.346. The highest BCUT2D eigenvalue weighted by Crippen LogP contribution is 2.47. The van der Waals surface area contributed by atoms with Gasteiger partial charge in [0.05, 0.1) is 5.92 Å². The molecule has 2 saturated heterocycles. The molecule has 2 bridgehead atoms. The molecule has 4 unspecified atom stereocenters. The lowest BCUT2D eigenvalue weighted by molar-refractivity contribution is -0.148. The summed E-state index contributed by atoms with van der Waals surface area (Å²) in [4.78, 5) is 38.8. The van der Waals surface area contributed by atoms with Crippen LogP contribution in [0.25, 0.3) is 11.1 Å². The Morgan fingerprint density at radius 1 is 1.12 bits per heavy atom. The highest BCUT2D eigenvalue weighted by molar-refractivity contribution is 5.88. The van der Waals surface area contributed by atoms with Crippen LogP contribution in [0.5, 0.6) is 0 Å². The van der Waals surface area contributed by atoms with E-state index < -0.39 is 24.0 Å². The first-order chi connectivity index (χ1) is 16.0. The Bertz CT molecular complexity index is 1080. The van der Waals surface area contributed by atoms with Crippen LogP contribution in [0.2, 0.25) is 0 Å². The van der Waals surface area contributed by atoms with Crippen molar-refractivity contribution in [1.82, 2.24) is 10.2 Å². The summed E-state index contributed by atoms with van der Waals surface area (Å²) in [7, 11) is 0. The maximum atomic E-state index is 13.1. The zero-order valence-electron chi connectivity index (χ0n) is 18.1. The smallest absolute Gasteiger partial charge is 0.407 e. The molecule has 2 heterocycles. The Morgan fingerprint density at radius 3 is 2.33 bits per heavy atom. The number of carboxylic acid groups (broad SMARTS) is 1. The van der Waals surface area contributed by atoms with Crippen LogP contribution in [0.1, 0.15) is 29.9 Å². The van der Waals surface area contributed by atoms with Crippen molar-refractivity contribution in [3.63, 3.8) is 0 Å². The van der Waals surface area contributed by atoms with Crippen molar-refractivity contribution in [2.45, 2.75) is 30.8 Å². The molecule has 170 valence electrons. The molecule has 2 aromatic rings. The number of ether oxygens (including phenoxy) is 1. The minimum atomic E-state index is -0.865. The lowest BCUT2D eigenvalue weighted by atomic mass is 9.74. The van der Waals surface area contributed by atoms with Gasteiger partial charge in [0.25, 0.3) is 0 Å². The van der Waals surface area contributed by atoms with E-state index in [0.717, 1.165) is 22.3 Å². The zero-order valence-corrected chi connectivity index (χ0v) is 18.1. The fourth-order valence-electron chi connectivity index (χ4n) is 5.61. The summed E-state index contributed by atoms with van der Waals surface area (Å²) in [6, 6.07) is 15.0. The minimum absolute atomic E-state index is 0.00437. The number of benzene rings is 2. The van der Waals surface area contributed by atoms with E-state index in [-0.39, 0.29) is 36.8 Å². The second-order valence-corrected chi connectivity index (χ2v) is 8.96. The molecule has 3 fully saturated rings. The third kappa shape index (κ3) is 3.57. The molecular weight excluding hydrogens is 420 g/mol. The standard InChI is InChI=1S/C26H26N2O5/c1-2-7-21(24(29)28-13-15-12-22(28)23(15)25(30)31)27-26(32)33-14-20-18-10-5-3-8-16(18)17-9-4-6-11-19(17)20/h2-6,8-11,15,20-23H,1,7,12-14H2,(H,27,32)(H,30,31). The van der Waals surface area contributed by atoms with Crippen LogP contribution in [0.15, 0.2) is 61.2 Å². The van der Waals surface area contributed by atoms with E-state index in [1.807, 2.05) is 36.4 Å². The van der Waals surface area contributed by atoms with Crippen molar-refractivity contribution >= 4 is 18.0 Å². The Labute approximate surface area is 192 Å². The predicted octanol–water partition coefficient (Wildman–Crippen LogP) is 3.40. The molecule has 0 radical (unpaired) electrons. The van der Waals surface area contributed by atoms with Crippen molar-refractivity contribution in [2.24, 2.45) is 11.8 Å². The number of nitrogens with zero attached hydrogens (tertiary/aromatic N) is 1. The van der Waals surface area contributed by atoms with Crippen LogP contribution in [0.4, 0.5) is 4.79 Å². The molecular formula is C26H26N2O5. The monoisotopic (exact) mass is 446 g/mol. The number of rotatable bonds is 7. The van der Waals surface area contributed by atoms with Crippen molar-refractivity contribution in [3.05, 3.63) is 72.3 Å². The number of nitrogens with one attached hydrogen (secondary N) is 1. The lowest BCUT2D eigenvalue weighted by Crippen LogP contribution is -2.51. The van der Waals surface area contributed by atoms with Crippen molar-refractivity contribution < 1.29 is 24.2 Å². The summed E-state index contributed by atoms with van der Waals surface area (Å²) in [6.07, 6.45) is 1.85. The normalized spacial score (nSPS) is 23.2. The number of hydrogen-bond acceptors (Lipinski definition) is 4. The second-order valence-electron chi connectivity index (χ2n) is 8.96. The predicted molar refractivity (Wildman–Crippen MR) is 122 cm³/mol. The van der Waals surface area contributed by atoms with Crippen LogP contribution in [0.3, 0.4) is 0 Å². The molecule has 0 spiro atoms. The van der Waals surface area contributed by atoms with E-state index in [1.54, 1.807) is 11.0 Å². The van der Waals surface area contributed by atoms with Gasteiger partial charge in [0.1, 0.15) is 12.6 Å². The summed E-state index contributed by atoms with van der Waals surface area (Å²) >= 11 is 0. The van der Waals surface area contributed by atoms with E-state index in [1.165, 1.54) is 0 Å². The van der Waals surface area contributed by atoms with Gasteiger partial charge in [-0.15, -0.1) is 6.58 Å². The molecule has 2 aromatic carbocycles. The van der Waals surface area contributed by atoms with Gasteiger partial charge < -0.3 is 20.1 Å². The van der Waals surface area contributed by atoms with Gasteiger partial charge in [0, 0.05) is 18.5 Å². The molecule has 4 atom stereocenters. The molecule has 2 N–H and O–H groups in total. The Balaban J connectivity index is 1.24. The van der Waals surface area contributed by atoms with Gasteiger partial charge in [-0.3, -0.25) is 9.59 Å². The largest absolute Gasteiger partial charge is 0.481 e. The maximum Gasteiger partial charge on any atom is 0.407 e. The van der Waals surface area contributed by atoms with E-state index in [9.17, 15) is 19.5 Å². The number of carboxylic acids is 1. The van der Waals surface area contributed by atoms with Gasteiger partial charge in [-0.2, -0.15) is 0 Å². The average Bonchev–Trinajstić information content (AvgIpc) is 3.47. The van der Waals surface area contributed by atoms with E-state index >= 15 is 0 Å². The van der Waals surface area contributed by atoms with Crippen molar-refractivity contribution in [1.29, 1.82) is 0 Å². The molecule has 7 nitrogen and oxygen atoms in total. The van der Waals surface area contributed by atoms with Gasteiger partial charge in [0.15, 0.2) is 0 Å². The number of aliphatic carboxylic acids is 1.